The highest BCUT2D eigenvalue weighted by molar-refractivity contribution is 7.94. The molecule has 0 amide bonds. The molecule has 0 unspecified atom stereocenters. The Kier molecular flexibility index (Phi) is 6.95. The third kappa shape index (κ3) is 5.29. The summed E-state index contributed by atoms with van der Waals surface area (Å²) in [5.74, 6) is -2.29. The lowest BCUT2D eigenvalue weighted by Crippen LogP contribution is -2.21. The Morgan fingerprint density at radius 2 is 1.75 bits per heavy atom. The minimum absolute atomic E-state index is 0.0325. The average molecular weight is 568 g/mol. The molecule has 2 heterocycles. The number of ketones is 1. The van der Waals surface area contributed by atoms with Gasteiger partial charge in [-0.2, -0.15) is 0 Å². The van der Waals surface area contributed by atoms with Crippen molar-refractivity contribution >= 4 is 59.2 Å². The molecule has 0 aliphatic carbocycles. The lowest BCUT2D eigenvalue weighted by Gasteiger charge is -2.13. The molecule has 0 fully saturated rings. The average Bonchev–Trinajstić information content (AvgIpc) is 3.20. The van der Waals surface area contributed by atoms with E-state index in [9.17, 15) is 26.4 Å². The molecule has 0 atom stereocenters. The van der Waals surface area contributed by atoms with Crippen LogP contribution in [0.15, 0.2) is 68.6 Å². The van der Waals surface area contributed by atoms with E-state index in [2.05, 4.69) is 0 Å². The van der Waals surface area contributed by atoms with E-state index in [-0.39, 0.29) is 41.9 Å². The highest BCUT2D eigenvalue weighted by Gasteiger charge is 2.22. The third-order valence-electron chi connectivity index (χ3n) is 5.41. The van der Waals surface area contributed by atoms with E-state index < -0.39 is 42.6 Å². The van der Waals surface area contributed by atoms with Crippen LogP contribution < -0.4 is 5.56 Å². The van der Waals surface area contributed by atoms with Gasteiger partial charge in [0.15, 0.2) is 25.5 Å². The smallest absolute Gasteiger partial charge is 0.263 e. The number of pyridine rings is 1. The summed E-state index contributed by atoms with van der Waals surface area (Å²) in [6.45, 7) is 1.76. The molecular weight excluding hydrogens is 549 g/mol. The summed E-state index contributed by atoms with van der Waals surface area (Å²) in [6.07, 6.45) is 1.74. The third-order valence-corrected chi connectivity index (χ3v) is 10.0. The molecule has 0 aliphatic heterocycles. The fraction of sp³-hybridized carbons (Fsp3) is 0.167. The first-order valence-corrected chi connectivity index (χ1v) is 15.1. The van der Waals surface area contributed by atoms with Gasteiger partial charge in [-0.1, -0.05) is 29.3 Å². The number of nitrogens with zero attached hydrogens (tertiary/aromatic N) is 1. The topological polar surface area (TPSA) is 107 Å². The van der Waals surface area contributed by atoms with Gasteiger partial charge in [0.25, 0.3) is 5.56 Å². The van der Waals surface area contributed by atoms with Crippen LogP contribution in [-0.2, 0) is 30.9 Å². The molecule has 0 saturated heterocycles. The van der Waals surface area contributed by atoms with Crippen LogP contribution >= 0.6 is 22.9 Å². The van der Waals surface area contributed by atoms with Gasteiger partial charge >= 0.3 is 0 Å². The van der Waals surface area contributed by atoms with Crippen LogP contribution in [0.25, 0.3) is 16.5 Å². The maximum Gasteiger partial charge on any atom is 0.263 e. The molecule has 4 aromatic rings. The molecule has 0 bridgehead atoms. The normalized spacial score (nSPS) is 12.2. The van der Waals surface area contributed by atoms with Gasteiger partial charge < -0.3 is 0 Å². The van der Waals surface area contributed by atoms with Crippen LogP contribution in [0.2, 0.25) is 4.34 Å². The summed E-state index contributed by atoms with van der Waals surface area (Å²) in [4.78, 5) is 25.4. The summed E-state index contributed by atoms with van der Waals surface area (Å²) in [7, 11) is -7.64. The number of fused-ring (bicyclic) bond motifs is 1. The van der Waals surface area contributed by atoms with E-state index in [1.807, 2.05) is 0 Å². The fourth-order valence-corrected chi connectivity index (χ4v) is 7.46. The predicted octanol–water partition coefficient (Wildman–Crippen LogP) is 4.14. The minimum Gasteiger partial charge on any atom is -0.298 e. The molecule has 0 saturated carbocycles. The van der Waals surface area contributed by atoms with Gasteiger partial charge in [-0.05, 0) is 48.9 Å². The number of thiophene rings is 1. The molecule has 0 radical (unpaired) electrons. The molecule has 2 aromatic carbocycles. The highest BCUT2D eigenvalue weighted by atomic mass is 35.5. The maximum atomic E-state index is 15.1. The number of hydrogen-bond donors (Lipinski definition) is 0. The van der Waals surface area contributed by atoms with Gasteiger partial charge in [-0.15, -0.1) is 11.3 Å². The molecule has 0 spiro atoms. The van der Waals surface area contributed by atoms with E-state index in [0.29, 0.717) is 0 Å². The standard InChI is InChI=1S/C24H19ClFNO6S3/c1-14-3-5-17-18(9-14)21(35(2,30)31)12-27(24(17)29)20-6-4-15(11-19(20)26)10-16(28)13-36(32,33)23-8-7-22(25)34-23/h3-9,11-12H,10,13H2,1-2H3. The number of aromatic nitrogens is 1. The number of Topliss-reactive ketones (excluding diaryl/α,β-unsaturated/α-hetero) is 1. The van der Waals surface area contributed by atoms with Gasteiger partial charge in [0.2, 0.25) is 0 Å². The first kappa shape index (κ1) is 26.2. The first-order valence-electron chi connectivity index (χ1n) is 10.4. The molecule has 12 heteroatoms. The zero-order valence-corrected chi connectivity index (χ0v) is 22.2. The van der Waals surface area contributed by atoms with Gasteiger partial charge in [-0.25, -0.2) is 21.2 Å². The van der Waals surface area contributed by atoms with Crippen LogP contribution in [0, 0.1) is 12.7 Å². The van der Waals surface area contributed by atoms with Crippen molar-refractivity contribution in [1.82, 2.24) is 4.57 Å². The molecule has 2 aromatic heterocycles. The van der Waals surface area contributed by atoms with Crippen molar-refractivity contribution in [1.29, 1.82) is 0 Å². The molecule has 4 rings (SSSR count). The van der Waals surface area contributed by atoms with E-state index in [4.69, 9.17) is 11.6 Å². The maximum absolute atomic E-state index is 15.1. The van der Waals surface area contributed by atoms with Gasteiger partial charge in [-0.3, -0.25) is 14.2 Å². The molecule has 36 heavy (non-hydrogen) atoms. The highest BCUT2D eigenvalue weighted by Crippen LogP contribution is 2.27. The van der Waals surface area contributed by atoms with E-state index in [1.54, 1.807) is 19.1 Å². The van der Waals surface area contributed by atoms with Crippen molar-refractivity contribution in [2.45, 2.75) is 22.4 Å². The summed E-state index contributed by atoms with van der Waals surface area (Å²) in [6, 6.07) is 11.1. The zero-order valence-electron chi connectivity index (χ0n) is 19.0. The number of carbonyl (C=O) groups excluding carboxylic acids is 1. The molecule has 7 nitrogen and oxygen atoms in total. The summed E-state index contributed by atoms with van der Waals surface area (Å²) < 4.78 is 65.9. The fourth-order valence-electron chi connectivity index (χ4n) is 3.78. The monoisotopic (exact) mass is 567 g/mol. The SMILES string of the molecule is Cc1ccc2c(=O)n(-c3ccc(CC(=O)CS(=O)(=O)c4ccc(Cl)s4)cc3F)cc(S(C)(=O)=O)c2c1. The molecule has 0 N–H and O–H groups in total. The molecular formula is C24H19ClFNO6S3. The largest absolute Gasteiger partial charge is 0.298 e. The van der Waals surface area contributed by atoms with Gasteiger partial charge in [0.1, 0.15) is 15.8 Å². The summed E-state index contributed by atoms with van der Waals surface area (Å²) in [5, 5.41) is 0.357. The van der Waals surface area contributed by atoms with Crippen LogP contribution in [0.1, 0.15) is 11.1 Å². The Morgan fingerprint density at radius 1 is 1.03 bits per heavy atom. The van der Waals surface area contributed by atoms with E-state index in [1.165, 1.54) is 30.3 Å². The van der Waals surface area contributed by atoms with Crippen molar-refractivity contribution in [3.05, 3.63) is 86.4 Å². The number of aryl methyl sites for hydroxylation is 1. The Hall–Kier alpha value is -2.86. The lowest BCUT2D eigenvalue weighted by molar-refractivity contribution is -0.116. The second kappa shape index (κ2) is 9.55. The van der Waals surface area contributed by atoms with Gasteiger partial charge in [0.05, 0.1) is 14.9 Å². The lowest BCUT2D eigenvalue weighted by atomic mass is 10.1. The zero-order chi connectivity index (χ0) is 26.4. The number of sulfone groups is 2. The van der Waals surface area contributed by atoms with Crippen LogP contribution in [0.5, 0.6) is 0 Å². The molecule has 0 aliphatic rings. The van der Waals surface area contributed by atoms with Crippen LogP contribution in [0.4, 0.5) is 4.39 Å². The number of rotatable bonds is 7. The second-order valence-electron chi connectivity index (χ2n) is 8.31. The van der Waals surface area contributed by atoms with Crippen molar-refractivity contribution in [3.8, 4) is 5.69 Å². The van der Waals surface area contributed by atoms with Crippen molar-refractivity contribution in [2.75, 3.05) is 12.0 Å². The van der Waals surface area contributed by atoms with Gasteiger partial charge in [0, 0.05) is 29.6 Å². The Labute approximate surface area is 215 Å². The van der Waals surface area contributed by atoms with E-state index in [0.717, 1.165) is 40.0 Å². The quantitative estimate of drug-likeness (QED) is 0.332. The van der Waals surface area contributed by atoms with Crippen LogP contribution in [0.3, 0.4) is 0 Å². The summed E-state index contributed by atoms with van der Waals surface area (Å²) >= 11 is 6.61. The number of benzene rings is 2. The number of hydrogen-bond acceptors (Lipinski definition) is 7. The first-order chi connectivity index (χ1) is 16.8. The molecule has 188 valence electrons. The van der Waals surface area contributed by atoms with Crippen molar-refractivity contribution in [2.24, 2.45) is 0 Å². The predicted molar refractivity (Wildman–Crippen MR) is 137 cm³/mol. The number of carbonyl (C=O) groups is 1. The Morgan fingerprint density at radius 3 is 2.36 bits per heavy atom. The van der Waals surface area contributed by atoms with E-state index >= 15 is 4.39 Å². The summed E-state index contributed by atoms with van der Waals surface area (Å²) in [5.41, 5.74) is 0.146. The Balaban J connectivity index is 1.68. The second-order valence-corrected chi connectivity index (χ2v) is 14.2. The Bertz CT molecular complexity index is 1810. The van der Waals surface area contributed by atoms with Crippen LogP contribution in [-0.4, -0.2) is 39.2 Å². The minimum atomic E-state index is -3.88. The van der Waals surface area contributed by atoms with Crippen molar-refractivity contribution < 1.29 is 26.0 Å². The number of halogens is 2. The van der Waals surface area contributed by atoms with Crippen molar-refractivity contribution in [3.63, 3.8) is 0 Å².